The lowest BCUT2D eigenvalue weighted by Gasteiger charge is -2.08. The van der Waals surface area contributed by atoms with E-state index in [0.29, 0.717) is 15.8 Å². The van der Waals surface area contributed by atoms with Gasteiger partial charge in [0.25, 0.3) is 5.91 Å². The zero-order valence-corrected chi connectivity index (χ0v) is 19.4. The molecule has 3 aromatic carbocycles. The first kappa shape index (κ1) is 23.0. The second-order valence-corrected chi connectivity index (χ2v) is 9.19. The number of thiazole rings is 1. The van der Waals surface area contributed by atoms with Crippen molar-refractivity contribution in [1.29, 1.82) is 0 Å². The Kier molecular flexibility index (Phi) is 7.39. The third-order valence-electron chi connectivity index (χ3n) is 4.47. The molecule has 33 heavy (non-hydrogen) atoms. The molecule has 0 atom stereocenters. The van der Waals surface area contributed by atoms with Gasteiger partial charge in [0.05, 0.1) is 17.0 Å². The molecule has 0 fully saturated rings. The first-order valence-electron chi connectivity index (χ1n) is 9.78. The Morgan fingerprint density at radius 1 is 1.00 bits per heavy atom. The predicted molar refractivity (Wildman–Crippen MR) is 133 cm³/mol. The van der Waals surface area contributed by atoms with Crippen LogP contribution in [0.2, 0.25) is 5.02 Å². The zero-order valence-electron chi connectivity index (χ0n) is 17.0. The van der Waals surface area contributed by atoms with Crippen molar-refractivity contribution < 1.29 is 14.0 Å². The monoisotopic (exact) mass is 497 g/mol. The summed E-state index contributed by atoms with van der Waals surface area (Å²) < 4.78 is 13.8. The average molecular weight is 498 g/mol. The molecular weight excluding hydrogens is 481 g/mol. The van der Waals surface area contributed by atoms with Gasteiger partial charge in [-0.1, -0.05) is 41.9 Å². The highest BCUT2D eigenvalue weighted by molar-refractivity contribution is 8.00. The molecule has 2 N–H and O–H groups in total. The summed E-state index contributed by atoms with van der Waals surface area (Å²) in [6, 6.07) is 20.1. The number of hydrogen-bond acceptors (Lipinski definition) is 5. The Balaban J connectivity index is 1.32. The number of halogens is 2. The maximum atomic E-state index is 13.8. The number of anilines is 2. The van der Waals surface area contributed by atoms with Crippen molar-refractivity contribution in [1.82, 2.24) is 4.98 Å². The van der Waals surface area contributed by atoms with Crippen LogP contribution in [0, 0.1) is 5.82 Å². The fourth-order valence-electron chi connectivity index (χ4n) is 2.90. The number of hydrogen-bond donors (Lipinski definition) is 2. The molecule has 166 valence electrons. The van der Waals surface area contributed by atoms with Gasteiger partial charge in [0, 0.05) is 26.5 Å². The zero-order chi connectivity index (χ0) is 23.2. The van der Waals surface area contributed by atoms with Gasteiger partial charge >= 0.3 is 0 Å². The van der Waals surface area contributed by atoms with Crippen molar-refractivity contribution in [2.45, 2.75) is 4.90 Å². The number of aromatic nitrogens is 1. The number of nitrogens with one attached hydrogen (secondary N) is 2. The lowest BCUT2D eigenvalue weighted by Crippen LogP contribution is -2.14. The van der Waals surface area contributed by atoms with E-state index < -0.39 is 11.7 Å². The maximum absolute atomic E-state index is 13.8. The molecule has 9 heteroatoms. The highest BCUT2D eigenvalue weighted by atomic mass is 35.5. The van der Waals surface area contributed by atoms with E-state index in [2.05, 4.69) is 15.6 Å². The molecule has 0 aliphatic carbocycles. The van der Waals surface area contributed by atoms with E-state index in [9.17, 15) is 14.0 Å². The molecule has 0 spiro atoms. The molecule has 0 radical (unpaired) electrons. The van der Waals surface area contributed by atoms with Crippen LogP contribution in [0.1, 0.15) is 10.4 Å². The fraction of sp³-hybridized carbons (Fsp3) is 0.0417. The van der Waals surface area contributed by atoms with Crippen molar-refractivity contribution in [2.24, 2.45) is 0 Å². The summed E-state index contributed by atoms with van der Waals surface area (Å²) in [6.45, 7) is 0. The Bertz CT molecular complexity index is 1290. The normalized spacial score (nSPS) is 10.6. The first-order chi connectivity index (χ1) is 16.0. The van der Waals surface area contributed by atoms with Crippen molar-refractivity contribution in [3.8, 4) is 11.3 Å². The summed E-state index contributed by atoms with van der Waals surface area (Å²) in [5, 5.41) is 8.51. The van der Waals surface area contributed by atoms with E-state index in [4.69, 9.17) is 11.6 Å². The molecule has 0 saturated carbocycles. The van der Waals surface area contributed by atoms with Crippen LogP contribution in [0.25, 0.3) is 11.3 Å². The minimum absolute atomic E-state index is 0.0312. The number of benzene rings is 3. The Morgan fingerprint density at radius 3 is 2.58 bits per heavy atom. The van der Waals surface area contributed by atoms with Gasteiger partial charge in [-0.25, -0.2) is 9.37 Å². The molecule has 0 unspecified atom stereocenters. The van der Waals surface area contributed by atoms with E-state index in [1.807, 2.05) is 23.6 Å². The van der Waals surface area contributed by atoms with Gasteiger partial charge in [-0.2, -0.15) is 0 Å². The second kappa shape index (κ2) is 10.6. The smallest absolute Gasteiger partial charge is 0.258 e. The number of amides is 2. The third-order valence-corrected chi connectivity index (χ3v) is 6.47. The van der Waals surface area contributed by atoms with Gasteiger partial charge in [0.15, 0.2) is 5.13 Å². The summed E-state index contributed by atoms with van der Waals surface area (Å²) in [6.07, 6.45) is 0. The second-order valence-electron chi connectivity index (χ2n) is 6.84. The van der Waals surface area contributed by atoms with Crippen LogP contribution in [0.15, 0.2) is 83.1 Å². The lowest BCUT2D eigenvalue weighted by atomic mass is 10.2. The highest BCUT2D eigenvalue weighted by Gasteiger charge is 2.12. The van der Waals surface area contributed by atoms with E-state index >= 15 is 0 Å². The minimum Gasteiger partial charge on any atom is -0.322 e. The molecule has 0 bridgehead atoms. The Hall–Kier alpha value is -3.20. The van der Waals surface area contributed by atoms with E-state index in [1.54, 1.807) is 36.4 Å². The molecule has 4 rings (SSSR count). The first-order valence-corrected chi connectivity index (χ1v) is 12.0. The molecule has 1 heterocycles. The van der Waals surface area contributed by atoms with Gasteiger partial charge in [-0.15, -0.1) is 23.1 Å². The molecule has 0 saturated heterocycles. The summed E-state index contributed by atoms with van der Waals surface area (Å²) in [5.41, 5.74) is 2.16. The molecular formula is C24H17ClFN3O2S2. The van der Waals surface area contributed by atoms with Crippen molar-refractivity contribution in [3.05, 3.63) is 94.6 Å². The van der Waals surface area contributed by atoms with Crippen molar-refractivity contribution >= 4 is 57.3 Å². The fourth-order valence-corrected chi connectivity index (χ4v) is 4.51. The number of carbonyl (C=O) groups is 2. The molecule has 1 aromatic heterocycles. The van der Waals surface area contributed by atoms with E-state index in [0.717, 1.165) is 16.2 Å². The number of thioether (sulfide) groups is 1. The maximum Gasteiger partial charge on any atom is 0.258 e. The third kappa shape index (κ3) is 6.19. The van der Waals surface area contributed by atoms with Crippen LogP contribution in [-0.4, -0.2) is 22.6 Å². The van der Waals surface area contributed by atoms with Crippen molar-refractivity contribution in [2.75, 3.05) is 16.4 Å². The molecule has 0 aliphatic heterocycles. The molecule has 2 amide bonds. The quantitative estimate of drug-likeness (QED) is 0.283. The van der Waals surface area contributed by atoms with Crippen LogP contribution in [0.4, 0.5) is 15.2 Å². The Morgan fingerprint density at radius 2 is 1.79 bits per heavy atom. The molecule has 5 nitrogen and oxygen atoms in total. The summed E-state index contributed by atoms with van der Waals surface area (Å²) >= 11 is 8.58. The van der Waals surface area contributed by atoms with Gasteiger partial charge in [-0.3, -0.25) is 9.59 Å². The van der Waals surface area contributed by atoms with Crippen LogP contribution < -0.4 is 10.6 Å². The van der Waals surface area contributed by atoms with Crippen molar-refractivity contribution in [3.63, 3.8) is 0 Å². The van der Waals surface area contributed by atoms with Gasteiger partial charge in [-0.05, 0) is 42.5 Å². The summed E-state index contributed by atoms with van der Waals surface area (Å²) in [4.78, 5) is 29.9. The standard InChI is InChI=1S/C24H17ClFN3O2S2/c25-16-10-8-15(9-11-16)21-13-33-24(28-21)29-22(30)14-32-18-5-3-4-17(12-18)27-23(31)19-6-1-2-7-20(19)26/h1-13H,14H2,(H,27,31)(H,28,29,30). The summed E-state index contributed by atoms with van der Waals surface area (Å²) in [5.74, 6) is -1.15. The summed E-state index contributed by atoms with van der Waals surface area (Å²) in [7, 11) is 0. The topological polar surface area (TPSA) is 71.1 Å². The Labute approximate surface area is 203 Å². The molecule has 4 aromatic rings. The van der Waals surface area contributed by atoms with Crippen LogP contribution in [0.5, 0.6) is 0 Å². The number of nitrogens with zero attached hydrogens (tertiary/aromatic N) is 1. The SMILES string of the molecule is O=C(CSc1cccc(NC(=O)c2ccccc2F)c1)Nc1nc(-c2ccc(Cl)cc2)cs1. The van der Waals surface area contributed by atoms with Gasteiger partial charge in [0.1, 0.15) is 5.82 Å². The number of carbonyl (C=O) groups excluding carboxylic acids is 2. The van der Waals surface area contributed by atoms with Crippen LogP contribution in [-0.2, 0) is 4.79 Å². The minimum atomic E-state index is -0.585. The highest BCUT2D eigenvalue weighted by Crippen LogP contribution is 2.27. The predicted octanol–water partition coefficient (Wildman–Crippen LogP) is 6.59. The lowest BCUT2D eigenvalue weighted by molar-refractivity contribution is -0.113. The largest absolute Gasteiger partial charge is 0.322 e. The number of rotatable bonds is 7. The van der Waals surface area contributed by atoms with Gasteiger partial charge in [0.2, 0.25) is 5.91 Å². The molecule has 0 aliphatic rings. The van der Waals surface area contributed by atoms with Gasteiger partial charge < -0.3 is 10.6 Å². The van der Waals surface area contributed by atoms with E-state index in [1.165, 1.54) is 41.3 Å². The van der Waals surface area contributed by atoms with Crippen LogP contribution in [0.3, 0.4) is 0 Å². The van der Waals surface area contributed by atoms with E-state index in [-0.39, 0.29) is 17.2 Å². The van der Waals surface area contributed by atoms with Crippen LogP contribution >= 0.6 is 34.7 Å². The average Bonchev–Trinajstić information content (AvgIpc) is 3.27.